The van der Waals surface area contributed by atoms with Gasteiger partial charge in [-0.05, 0) is 116 Å². The Hall–Kier alpha value is -7.68. The maximum atomic E-state index is 2.50. The quantitative estimate of drug-likeness (QED) is 0.167. The first kappa shape index (κ1) is 33.5. The van der Waals surface area contributed by atoms with Crippen LogP contribution in [0.15, 0.2) is 231 Å². The topological polar surface area (TPSA) is 6.48 Å². The van der Waals surface area contributed by atoms with Crippen LogP contribution in [-0.4, -0.2) is 0 Å². The summed E-state index contributed by atoms with van der Waals surface area (Å²) in [4.78, 5) is 4.93. The van der Waals surface area contributed by atoms with Gasteiger partial charge in [0.05, 0.1) is 16.8 Å². The van der Waals surface area contributed by atoms with Gasteiger partial charge in [0.1, 0.15) is 0 Å². The first-order chi connectivity index (χ1) is 29.3. The molecule has 2 heteroatoms. The molecule has 59 heavy (non-hydrogen) atoms. The van der Waals surface area contributed by atoms with Crippen LogP contribution in [0.2, 0.25) is 0 Å². The summed E-state index contributed by atoms with van der Waals surface area (Å²) in [6.07, 6.45) is 0. The van der Waals surface area contributed by atoms with E-state index < -0.39 is 5.41 Å². The van der Waals surface area contributed by atoms with E-state index in [0.29, 0.717) is 0 Å². The Morgan fingerprint density at radius 3 is 1.46 bits per heavy atom. The molecule has 276 valence electrons. The first-order valence-corrected chi connectivity index (χ1v) is 20.4. The number of fused-ring (bicyclic) bond motifs is 13. The van der Waals surface area contributed by atoms with Gasteiger partial charge in [0.15, 0.2) is 0 Å². The molecule has 1 unspecified atom stereocenters. The molecular weight excluding hydrogens is 713 g/mol. The Morgan fingerprint density at radius 2 is 0.780 bits per heavy atom. The molecule has 2 aliphatic carbocycles. The van der Waals surface area contributed by atoms with Crippen LogP contribution in [0.3, 0.4) is 0 Å². The van der Waals surface area contributed by atoms with Crippen LogP contribution in [0, 0.1) is 0 Å². The third-order valence-corrected chi connectivity index (χ3v) is 12.6. The van der Waals surface area contributed by atoms with Crippen molar-refractivity contribution in [3.63, 3.8) is 0 Å². The molecule has 2 nitrogen and oxygen atoms in total. The number of anilines is 6. The van der Waals surface area contributed by atoms with Crippen molar-refractivity contribution in [3.05, 3.63) is 253 Å². The van der Waals surface area contributed by atoms with Gasteiger partial charge in [-0.3, -0.25) is 0 Å². The van der Waals surface area contributed by atoms with E-state index in [4.69, 9.17) is 0 Å². The fourth-order valence-electron chi connectivity index (χ4n) is 10.3. The average Bonchev–Trinajstić information content (AvgIpc) is 3.78. The van der Waals surface area contributed by atoms with Crippen LogP contribution in [0.5, 0.6) is 0 Å². The predicted molar refractivity (Wildman–Crippen MR) is 247 cm³/mol. The van der Waals surface area contributed by atoms with Crippen molar-refractivity contribution in [1.82, 2.24) is 0 Å². The van der Waals surface area contributed by atoms with Crippen molar-refractivity contribution in [1.29, 1.82) is 0 Å². The molecule has 0 aromatic heterocycles. The fraction of sp³-hybridized carbons (Fsp3) is 0.0175. The van der Waals surface area contributed by atoms with Gasteiger partial charge >= 0.3 is 0 Å². The zero-order valence-corrected chi connectivity index (χ0v) is 32.3. The van der Waals surface area contributed by atoms with Crippen LogP contribution in [0.1, 0.15) is 22.3 Å². The summed E-state index contributed by atoms with van der Waals surface area (Å²) in [5.41, 5.74) is 16.5. The summed E-state index contributed by atoms with van der Waals surface area (Å²) in [6, 6.07) is 84.9. The molecule has 0 radical (unpaired) electrons. The van der Waals surface area contributed by atoms with Crippen molar-refractivity contribution in [2.24, 2.45) is 0 Å². The molecule has 2 aliphatic rings. The monoisotopic (exact) mass is 750 g/mol. The van der Waals surface area contributed by atoms with Crippen molar-refractivity contribution in [2.75, 3.05) is 9.80 Å². The van der Waals surface area contributed by atoms with Gasteiger partial charge in [-0.15, -0.1) is 0 Å². The van der Waals surface area contributed by atoms with E-state index in [-0.39, 0.29) is 0 Å². The third-order valence-electron chi connectivity index (χ3n) is 12.6. The summed E-state index contributed by atoms with van der Waals surface area (Å²) >= 11 is 0. The summed E-state index contributed by atoms with van der Waals surface area (Å²) in [5, 5.41) is 4.91. The van der Waals surface area contributed by atoms with E-state index >= 15 is 0 Å². The highest BCUT2D eigenvalue weighted by Crippen LogP contribution is 2.67. The molecule has 10 aromatic rings. The second-order valence-corrected chi connectivity index (χ2v) is 15.6. The fourth-order valence-corrected chi connectivity index (χ4v) is 10.3. The second kappa shape index (κ2) is 13.2. The zero-order valence-electron chi connectivity index (χ0n) is 32.3. The van der Waals surface area contributed by atoms with E-state index in [0.717, 1.165) is 28.4 Å². The third kappa shape index (κ3) is 4.87. The number of nitrogens with zero attached hydrogens (tertiary/aromatic N) is 2. The average molecular weight is 751 g/mol. The van der Waals surface area contributed by atoms with Crippen molar-refractivity contribution in [3.8, 4) is 22.3 Å². The van der Waals surface area contributed by atoms with Gasteiger partial charge in [0.2, 0.25) is 0 Å². The van der Waals surface area contributed by atoms with Gasteiger partial charge in [0.25, 0.3) is 0 Å². The Morgan fingerprint density at radius 1 is 0.288 bits per heavy atom. The van der Waals surface area contributed by atoms with Crippen molar-refractivity contribution < 1.29 is 0 Å². The second-order valence-electron chi connectivity index (χ2n) is 15.6. The molecule has 0 heterocycles. The lowest BCUT2D eigenvalue weighted by molar-refractivity contribution is 0.793. The molecule has 1 atom stereocenters. The molecule has 10 aromatic carbocycles. The Labute approximate surface area is 344 Å². The minimum Gasteiger partial charge on any atom is -0.310 e. The Bertz CT molecular complexity index is 3180. The minimum atomic E-state index is -0.629. The SMILES string of the molecule is c1ccc(N(c2ccccc2)c2cc3ccccc3c3c2C2(c4ccccc4-c4ccc(N(c5ccccc5)c5cccc6ccccc56)cc42)c2ccccc2-3)cc1. The van der Waals surface area contributed by atoms with Gasteiger partial charge in [-0.25, -0.2) is 0 Å². The number of rotatable bonds is 6. The largest absolute Gasteiger partial charge is 0.310 e. The Balaban J connectivity index is 1.23. The summed E-state index contributed by atoms with van der Waals surface area (Å²) in [6.45, 7) is 0. The van der Waals surface area contributed by atoms with Gasteiger partial charge in [-0.2, -0.15) is 0 Å². The van der Waals surface area contributed by atoms with Crippen LogP contribution in [-0.2, 0) is 5.41 Å². The molecule has 1 spiro atoms. The number of para-hydroxylation sites is 3. The highest BCUT2D eigenvalue weighted by atomic mass is 15.2. The highest BCUT2D eigenvalue weighted by Gasteiger charge is 2.54. The lowest BCUT2D eigenvalue weighted by Crippen LogP contribution is -2.28. The van der Waals surface area contributed by atoms with Crippen LogP contribution < -0.4 is 9.80 Å². The zero-order chi connectivity index (χ0) is 38.9. The summed E-state index contributed by atoms with van der Waals surface area (Å²) in [5.74, 6) is 0. The maximum absolute atomic E-state index is 2.50. The standard InChI is InChI=1S/C57H38N2/c1-4-22-41(23-5-1)58(42-24-6-2-7-25-42)54-37-40-20-11-13-29-46(40)55-49-31-15-17-33-51(49)57(56(54)55)50-32-16-14-30-47(50)48-36-35-44(38-52(48)57)59(43-26-8-3-9-27-43)53-34-18-21-39-19-10-12-28-45(39)53/h1-38H. The molecule has 0 bridgehead atoms. The number of hydrogen-bond acceptors (Lipinski definition) is 2. The predicted octanol–water partition coefficient (Wildman–Crippen LogP) is 15.3. The van der Waals surface area contributed by atoms with Crippen LogP contribution >= 0.6 is 0 Å². The lowest BCUT2D eigenvalue weighted by atomic mass is 9.69. The Kier molecular flexibility index (Phi) is 7.48. The number of hydrogen-bond donors (Lipinski definition) is 0. The van der Waals surface area contributed by atoms with Crippen LogP contribution in [0.4, 0.5) is 34.1 Å². The maximum Gasteiger partial charge on any atom is 0.0747 e. The summed E-state index contributed by atoms with van der Waals surface area (Å²) < 4.78 is 0. The van der Waals surface area contributed by atoms with Crippen molar-refractivity contribution in [2.45, 2.75) is 5.41 Å². The first-order valence-electron chi connectivity index (χ1n) is 20.4. The molecular formula is C57H38N2. The minimum absolute atomic E-state index is 0.629. The molecule has 0 saturated heterocycles. The van der Waals surface area contributed by atoms with E-state index in [2.05, 4.69) is 240 Å². The van der Waals surface area contributed by atoms with E-state index in [9.17, 15) is 0 Å². The highest BCUT2D eigenvalue weighted by molar-refractivity contribution is 6.11. The van der Waals surface area contributed by atoms with E-state index in [1.807, 2.05) is 0 Å². The van der Waals surface area contributed by atoms with Crippen molar-refractivity contribution >= 4 is 55.7 Å². The molecule has 12 rings (SSSR count). The molecule has 0 aliphatic heterocycles. The number of benzene rings is 10. The van der Waals surface area contributed by atoms with E-state index in [1.165, 1.54) is 71.7 Å². The van der Waals surface area contributed by atoms with Gasteiger partial charge in [-0.1, -0.05) is 170 Å². The normalized spacial score (nSPS) is 14.5. The molecule has 0 N–H and O–H groups in total. The molecule has 0 fully saturated rings. The summed E-state index contributed by atoms with van der Waals surface area (Å²) in [7, 11) is 0. The van der Waals surface area contributed by atoms with Gasteiger partial charge in [0, 0.05) is 33.7 Å². The van der Waals surface area contributed by atoms with Gasteiger partial charge < -0.3 is 9.80 Å². The lowest BCUT2D eigenvalue weighted by Gasteiger charge is -2.36. The van der Waals surface area contributed by atoms with E-state index in [1.54, 1.807) is 0 Å². The van der Waals surface area contributed by atoms with Crippen LogP contribution in [0.25, 0.3) is 43.8 Å². The smallest absolute Gasteiger partial charge is 0.0747 e. The molecule has 0 saturated carbocycles. The molecule has 0 amide bonds.